The van der Waals surface area contributed by atoms with Crippen LogP contribution in [-0.2, 0) is 21.4 Å². The van der Waals surface area contributed by atoms with E-state index in [4.69, 9.17) is 9.26 Å². The van der Waals surface area contributed by atoms with Crippen LogP contribution in [0.2, 0.25) is 0 Å². The van der Waals surface area contributed by atoms with E-state index in [-0.39, 0.29) is 11.3 Å². The Bertz CT molecular complexity index is 913. The van der Waals surface area contributed by atoms with Gasteiger partial charge in [0.1, 0.15) is 0 Å². The second-order valence-electron chi connectivity index (χ2n) is 10.7. The number of nitrogens with one attached hydrogen (secondary N) is 2. The zero-order valence-corrected chi connectivity index (χ0v) is 20.9. The summed E-state index contributed by atoms with van der Waals surface area (Å²) < 4.78 is 11.1. The van der Waals surface area contributed by atoms with Crippen molar-refractivity contribution in [2.45, 2.75) is 45.4 Å². The molecule has 1 aromatic carbocycles. The number of hydrogen-bond donors (Lipinski definition) is 2. The molecule has 2 saturated heterocycles. The zero-order chi connectivity index (χ0) is 24.0. The molecule has 0 saturated carbocycles. The monoisotopic (exact) mass is 468 g/mol. The first-order valence-electron chi connectivity index (χ1n) is 12.7. The van der Waals surface area contributed by atoms with Crippen LogP contribution in [0.25, 0.3) is 11.3 Å². The Morgan fingerprint density at radius 3 is 2.68 bits per heavy atom. The van der Waals surface area contributed by atoms with Crippen LogP contribution in [0, 0.1) is 11.8 Å². The van der Waals surface area contributed by atoms with Crippen LogP contribution < -0.4 is 10.6 Å². The smallest absolute Gasteiger partial charge is 0.220 e. The van der Waals surface area contributed by atoms with E-state index in [0.29, 0.717) is 24.8 Å². The Hall–Kier alpha value is -2.22. The van der Waals surface area contributed by atoms with Gasteiger partial charge in [0.25, 0.3) is 0 Å². The Balaban J connectivity index is 1.29. The summed E-state index contributed by atoms with van der Waals surface area (Å²) >= 11 is 0. The normalized spacial score (nSPS) is 22.0. The third kappa shape index (κ3) is 6.90. The van der Waals surface area contributed by atoms with E-state index in [1.807, 2.05) is 0 Å². The van der Waals surface area contributed by atoms with Crippen molar-refractivity contribution in [3.63, 3.8) is 0 Å². The van der Waals surface area contributed by atoms with Gasteiger partial charge in [-0.15, -0.1) is 0 Å². The number of rotatable bonds is 8. The summed E-state index contributed by atoms with van der Waals surface area (Å²) in [7, 11) is 0. The topological polar surface area (TPSA) is 79.6 Å². The van der Waals surface area contributed by atoms with Crippen LogP contribution in [0.5, 0.6) is 0 Å². The maximum absolute atomic E-state index is 12.6. The van der Waals surface area contributed by atoms with Crippen molar-refractivity contribution >= 4 is 5.91 Å². The van der Waals surface area contributed by atoms with Gasteiger partial charge in [-0.05, 0) is 48.7 Å². The Morgan fingerprint density at radius 2 is 1.94 bits per heavy atom. The molecule has 2 fully saturated rings. The summed E-state index contributed by atoms with van der Waals surface area (Å²) in [6.07, 6.45) is 2.41. The highest BCUT2D eigenvalue weighted by molar-refractivity contribution is 5.76. The van der Waals surface area contributed by atoms with Crippen LogP contribution >= 0.6 is 0 Å². The highest BCUT2D eigenvalue weighted by atomic mass is 16.5. The largest absolute Gasteiger partial charge is 0.379 e. The SMILES string of the molecule is CC(C)(C)c1ccc(-c2cc(C[C@@H]3CNCC[C@H]3CC(=O)NCCN3CCOCC3)no2)cc1. The van der Waals surface area contributed by atoms with Gasteiger partial charge in [0.15, 0.2) is 5.76 Å². The number of nitrogens with zero attached hydrogens (tertiary/aromatic N) is 2. The van der Waals surface area contributed by atoms with Crippen LogP contribution in [0.4, 0.5) is 0 Å². The fourth-order valence-electron chi connectivity index (χ4n) is 4.92. The van der Waals surface area contributed by atoms with Crippen LogP contribution in [0.15, 0.2) is 34.9 Å². The molecule has 0 unspecified atom stereocenters. The minimum Gasteiger partial charge on any atom is -0.379 e. The van der Waals surface area contributed by atoms with E-state index >= 15 is 0 Å². The summed E-state index contributed by atoms with van der Waals surface area (Å²) in [4.78, 5) is 15.0. The maximum atomic E-state index is 12.6. The van der Waals surface area contributed by atoms with Crippen molar-refractivity contribution in [3.05, 3.63) is 41.6 Å². The highest BCUT2D eigenvalue weighted by Gasteiger charge is 2.28. The van der Waals surface area contributed by atoms with E-state index in [9.17, 15) is 4.79 Å². The average molecular weight is 469 g/mol. The molecular weight excluding hydrogens is 428 g/mol. The predicted octanol–water partition coefficient (Wildman–Crippen LogP) is 3.25. The maximum Gasteiger partial charge on any atom is 0.220 e. The first-order chi connectivity index (χ1) is 16.4. The lowest BCUT2D eigenvalue weighted by Crippen LogP contribution is -2.43. The van der Waals surface area contributed by atoms with Gasteiger partial charge in [0, 0.05) is 44.2 Å². The van der Waals surface area contributed by atoms with Crippen LogP contribution in [0.3, 0.4) is 0 Å². The predicted molar refractivity (Wildman–Crippen MR) is 134 cm³/mol. The molecule has 7 heteroatoms. The molecule has 1 aromatic heterocycles. The van der Waals surface area contributed by atoms with Gasteiger partial charge in [-0.25, -0.2) is 0 Å². The summed E-state index contributed by atoms with van der Waals surface area (Å²) in [6.45, 7) is 13.6. The van der Waals surface area contributed by atoms with Crippen molar-refractivity contribution < 1.29 is 14.1 Å². The second kappa shape index (κ2) is 11.5. The molecule has 0 spiro atoms. The molecule has 0 radical (unpaired) electrons. The van der Waals surface area contributed by atoms with Gasteiger partial charge < -0.3 is 19.9 Å². The number of piperidine rings is 1. The van der Waals surface area contributed by atoms with E-state index in [1.165, 1.54) is 5.56 Å². The third-order valence-electron chi connectivity index (χ3n) is 7.13. The van der Waals surface area contributed by atoms with Gasteiger partial charge in [-0.1, -0.05) is 50.2 Å². The molecular formula is C27H40N4O3. The summed E-state index contributed by atoms with van der Waals surface area (Å²) in [5.74, 6) is 1.69. The standard InChI is InChI=1S/C27H40N4O3/c1-27(2,3)23-6-4-20(5-7-23)25-18-24(30-34-25)16-22-19-28-9-8-21(22)17-26(32)29-10-11-31-12-14-33-15-13-31/h4-7,18,21-22,28H,8-17,19H2,1-3H3,(H,29,32)/t21-,22+/m0/s1. The minimum atomic E-state index is 0.128. The van der Waals surface area contributed by atoms with Crippen LogP contribution in [0.1, 0.15) is 44.9 Å². The molecule has 4 rings (SSSR count). The van der Waals surface area contributed by atoms with Crippen LogP contribution in [-0.4, -0.2) is 68.4 Å². The number of benzene rings is 1. The number of aromatic nitrogens is 1. The molecule has 0 aliphatic carbocycles. The van der Waals surface area contributed by atoms with Gasteiger partial charge in [0.2, 0.25) is 5.91 Å². The molecule has 2 aliphatic heterocycles. The molecule has 7 nitrogen and oxygen atoms in total. The third-order valence-corrected chi connectivity index (χ3v) is 7.13. The van der Waals surface area contributed by atoms with E-state index < -0.39 is 0 Å². The number of morpholine rings is 1. The molecule has 2 aliphatic rings. The van der Waals surface area contributed by atoms with Crippen molar-refractivity contribution in [2.24, 2.45) is 11.8 Å². The molecule has 1 amide bonds. The first kappa shape index (κ1) is 24.9. The zero-order valence-electron chi connectivity index (χ0n) is 20.9. The van der Waals surface area contributed by atoms with Gasteiger partial charge >= 0.3 is 0 Å². The van der Waals surface area contributed by atoms with Gasteiger partial charge in [-0.2, -0.15) is 0 Å². The Labute approximate surface area is 203 Å². The Morgan fingerprint density at radius 1 is 1.18 bits per heavy atom. The van der Waals surface area contributed by atoms with Crippen molar-refractivity contribution in [1.82, 2.24) is 20.7 Å². The lowest BCUT2D eigenvalue weighted by Gasteiger charge is -2.31. The number of ether oxygens (including phenoxy) is 1. The molecule has 2 atom stereocenters. The van der Waals surface area contributed by atoms with E-state index in [1.54, 1.807) is 0 Å². The molecule has 2 N–H and O–H groups in total. The number of amides is 1. The van der Waals surface area contributed by atoms with E-state index in [2.05, 4.69) is 71.8 Å². The lowest BCUT2D eigenvalue weighted by atomic mass is 9.81. The van der Waals surface area contributed by atoms with Gasteiger partial charge in [-0.3, -0.25) is 9.69 Å². The van der Waals surface area contributed by atoms with Crippen molar-refractivity contribution in [2.75, 3.05) is 52.5 Å². The number of carbonyl (C=O) groups is 1. The number of hydrogen-bond acceptors (Lipinski definition) is 6. The second-order valence-corrected chi connectivity index (χ2v) is 10.7. The first-order valence-corrected chi connectivity index (χ1v) is 12.7. The highest BCUT2D eigenvalue weighted by Crippen LogP contribution is 2.29. The van der Waals surface area contributed by atoms with E-state index in [0.717, 1.165) is 75.8 Å². The molecule has 2 aromatic rings. The van der Waals surface area contributed by atoms with Crippen molar-refractivity contribution in [1.29, 1.82) is 0 Å². The fraction of sp³-hybridized carbons (Fsp3) is 0.630. The lowest BCUT2D eigenvalue weighted by molar-refractivity contribution is -0.122. The summed E-state index contributed by atoms with van der Waals surface area (Å²) in [6, 6.07) is 10.6. The Kier molecular flexibility index (Phi) is 8.40. The molecule has 0 bridgehead atoms. The minimum absolute atomic E-state index is 0.128. The average Bonchev–Trinajstić information content (AvgIpc) is 3.29. The number of carbonyl (C=O) groups excluding carboxylic acids is 1. The quantitative estimate of drug-likeness (QED) is 0.619. The van der Waals surface area contributed by atoms with Crippen molar-refractivity contribution in [3.8, 4) is 11.3 Å². The summed E-state index contributed by atoms with van der Waals surface area (Å²) in [5.41, 5.74) is 3.43. The summed E-state index contributed by atoms with van der Waals surface area (Å²) in [5, 5.41) is 11.0. The van der Waals surface area contributed by atoms with Gasteiger partial charge in [0.05, 0.1) is 18.9 Å². The fourth-order valence-corrected chi connectivity index (χ4v) is 4.92. The molecule has 34 heavy (non-hydrogen) atoms. The molecule has 3 heterocycles. The molecule has 186 valence electrons.